The van der Waals surface area contributed by atoms with E-state index in [1.54, 1.807) is 11.3 Å². The highest BCUT2D eigenvalue weighted by molar-refractivity contribution is 7.09. The van der Waals surface area contributed by atoms with E-state index in [1.165, 1.54) is 6.07 Å². The maximum Gasteiger partial charge on any atom is 0.252 e. The van der Waals surface area contributed by atoms with Crippen LogP contribution in [-0.4, -0.2) is 15.0 Å². The summed E-state index contributed by atoms with van der Waals surface area (Å²) >= 11 is 1.60. The number of aromatic amines is 1. The molecular formula is C12H16N4OS. The molecule has 0 saturated carbocycles. The van der Waals surface area contributed by atoms with E-state index in [0.29, 0.717) is 18.1 Å². The molecule has 96 valence electrons. The lowest BCUT2D eigenvalue weighted by Crippen LogP contribution is -2.15. The molecule has 0 aromatic carbocycles. The van der Waals surface area contributed by atoms with Gasteiger partial charge in [0.15, 0.2) is 0 Å². The summed E-state index contributed by atoms with van der Waals surface area (Å²) in [5.41, 5.74) is 0.878. The standard InChI is InChI=1S/C12H16N4OS/c1-4-9-15-10(5-11(17)16-9)14-8(3)12-13-7(2)6-18-12/h5-6,8H,4H2,1-3H3,(H2,14,15,16,17). The molecule has 2 aromatic heterocycles. The first-order valence-corrected chi connectivity index (χ1v) is 6.75. The monoisotopic (exact) mass is 264 g/mol. The van der Waals surface area contributed by atoms with Crippen LogP contribution in [0.5, 0.6) is 0 Å². The topological polar surface area (TPSA) is 70.7 Å². The van der Waals surface area contributed by atoms with Crippen LogP contribution in [-0.2, 0) is 6.42 Å². The van der Waals surface area contributed by atoms with Gasteiger partial charge in [-0.2, -0.15) is 0 Å². The van der Waals surface area contributed by atoms with E-state index in [2.05, 4.69) is 20.3 Å². The molecule has 1 atom stereocenters. The van der Waals surface area contributed by atoms with Gasteiger partial charge in [0, 0.05) is 23.6 Å². The fourth-order valence-electron chi connectivity index (χ4n) is 1.60. The molecule has 2 rings (SSSR count). The van der Waals surface area contributed by atoms with Gasteiger partial charge in [-0.1, -0.05) is 6.92 Å². The summed E-state index contributed by atoms with van der Waals surface area (Å²) in [6.45, 7) is 5.93. The van der Waals surface area contributed by atoms with Crippen molar-refractivity contribution in [3.63, 3.8) is 0 Å². The zero-order valence-corrected chi connectivity index (χ0v) is 11.5. The molecule has 6 heteroatoms. The predicted octanol–water partition coefficient (Wildman–Crippen LogP) is 2.27. The summed E-state index contributed by atoms with van der Waals surface area (Å²) in [5.74, 6) is 1.28. The predicted molar refractivity (Wildman–Crippen MR) is 73.1 cm³/mol. The maximum atomic E-state index is 11.4. The van der Waals surface area contributed by atoms with Crippen molar-refractivity contribution >= 4 is 17.2 Å². The first-order chi connectivity index (χ1) is 8.58. The fourth-order valence-corrected chi connectivity index (χ4v) is 2.41. The van der Waals surface area contributed by atoms with E-state index >= 15 is 0 Å². The molecule has 5 nitrogen and oxygen atoms in total. The average Bonchev–Trinajstić information content (AvgIpc) is 2.75. The maximum absolute atomic E-state index is 11.4. The molecule has 2 heterocycles. The van der Waals surface area contributed by atoms with Crippen molar-refractivity contribution in [1.82, 2.24) is 15.0 Å². The second-order valence-electron chi connectivity index (χ2n) is 4.12. The quantitative estimate of drug-likeness (QED) is 0.888. The summed E-state index contributed by atoms with van der Waals surface area (Å²) in [6, 6.07) is 1.51. The number of aryl methyl sites for hydroxylation is 2. The Hall–Kier alpha value is -1.69. The molecule has 2 N–H and O–H groups in total. The average molecular weight is 264 g/mol. The number of H-pyrrole nitrogens is 1. The van der Waals surface area contributed by atoms with Crippen molar-refractivity contribution in [1.29, 1.82) is 0 Å². The smallest absolute Gasteiger partial charge is 0.252 e. The van der Waals surface area contributed by atoms with Gasteiger partial charge in [-0.15, -0.1) is 11.3 Å². The van der Waals surface area contributed by atoms with Crippen LogP contribution in [0, 0.1) is 6.92 Å². The Morgan fingerprint density at radius 2 is 2.28 bits per heavy atom. The van der Waals surface area contributed by atoms with Crippen LogP contribution in [0.1, 0.15) is 36.4 Å². The van der Waals surface area contributed by atoms with Crippen LogP contribution in [0.3, 0.4) is 0 Å². The van der Waals surface area contributed by atoms with Gasteiger partial charge in [0.1, 0.15) is 16.6 Å². The zero-order valence-electron chi connectivity index (χ0n) is 10.7. The zero-order chi connectivity index (χ0) is 13.1. The molecule has 0 bridgehead atoms. The number of thiazole rings is 1. The van der Waals surface area contributed by atoms with Crippen LogP contribution >= 0.6 is 11.3 Å². The van der Waals surface area contributed by atoms with E-state index in [-0.39, 0.29) is 11.6 Å². The Morgan fingerprint density at radius 1 is 1.50 bits per heavy atom. The normalized spacial score (nSPS) is 12.4. The van der Waals surface area contributed by atoms with Crippen LogP contribution in [0.15, 0.2) is 16.2 Å². The number of aromatic nitrogens is 3. The minimum Gasteiger partial charge on any atom is -0.361 e. The van der Waals surface area contributed by atoms with Crippen molar-refractivity contribution in [2.75, 3.05) is 5.32 Å². The Kier molecular flexibility index (Phi) is 3.76. The number of hydrogen-bond acceptors (Lipinski definition) is 5. The molecule has 1 unspecified atom stereocenters. The lowest BCUT2D eigenvalue weighted by molar-refractivity contribution is 0.838. The third-order valence-corrected chi connectivity index (χ3v) is 3.64. The van der Waals surface area contributed by atoms with E-state index in [0.717, 1.165) is 10.7 Å². The van der Waals surface area contributed by atoms with Crippen LogP contribution in [0.25, 0.3) is 0 Å². The van der Waals surface area contributed by atoms with Gasteiger partial charge in [-0.05, 0) is 13.8 Å². The lowest BCUT2D eigenvalue weighted by atomic mass is 10.3. The van der Waals surface area contributed by atoms with Crippen LogP contribution < -0.4 is 10.9 Å². The Bertz CT molecular complexity index is 590. The first-order valence-electron chi connectivity index (χ1n) is 5.87. The molecular weight excluding hydrogens is 248 g/mol. The molecule has 0 radical (unpaired) electrons. The Morgan fingerprint density at radius 3 is 2.89 bits per heavy atom. The second kappa shape index (κ2) is 5.30. The summed E-state index contributed by atoms with van der Waals surface area (Å²) in [5, 5.41) is 6.21. The fraction of sp³-hybridized carbons (Fsp3) is 0.417. The molecule has 0 aliphatic heterocycles. The number of nitrogens with zero attached hydrogens (tertiary/aromatic N) is 2. The highest BCUT2D eigenvalue weighted by atomic mass is 32.1. The number of hydrogen-bond donors (Lipinski definition) is 2. The Labute approximate surface area is 109 Å². The summed E-state index contributed by atoms with van der Waals surface area (Å²) in [4.78, 5) is 22.9. The molecule has 0 aliphatic rings. The third-order valence-electron chi connectivity index (χ3n) is 2.50. The molecule has 0 amide bonds. The Balaban J connectivity index is 2.18. The molecule has 0 aliphatic carbocycles. The van der Waals surface area contributed by atoms with Gasteiger partial charge < -0.3 is 10.3 Å². The van der Waals surface area contributed by atoms with E-state index in [9.17, 15) is 4.79 Å². The van der Waals surface area contributed by atoms with Crippen LogP contribution in [0.4, 0.5) is 5.82 Å². The highest BCUT2D eigenvalue weighted by Crippen LogP contribution is 2.20. The summed E-state index contributed by atoms with van der Waals surface area (Å²) < 4.78 is 0. The van der Waals surface area contributed by atoms with Gasteiger partial charge in [0.05, 0.1) is 6.04 Å². The second-order valence-corrected chi connectivity index (χ2v) is 5.01. The van der Waals surface area contributed by atoms with Crippen molar-refractivity contribution in [2.45, 2.75) is 33.2 Å². The van der Waals surface area contributed by atoms with Gasteiger partial charge in [0.25, 0.3) is 5.56 Å². The van der Waals surface area contributed by atoms with E-state index in [1.807, 2.05) is 26.2 Å². The van der Waals surface area contributed by atoms with Gasteiger partial charge in [0.2, 0.25) is 0 Å². The first kappa shape index (κ1) is 12.8. The van der Waals surface area contributed by atoms with Crippen molar-refractivity contribution in [3.8, 4) is 0 Å². The van der Waals surface area contributed by atoms with Gasteiger partial charge >= 0.3 is 0 Å². The molecule has 2 aromatic rings. The van der Waals surface area contributed by atoms with Crippen molar-refractivity contribution < 1.29 is 0 Å². The molecule has 18 heavy (non-hydrogen) atoms. The number of anilines is 1. The van der Waals surface area contributed by atoms with Crippen molar-refractivity contribution in [3.05, 3.63) is 38.3 Å². The molecule has 0 fully saturated rings. The minimum absolute atomic E-state index is 0.0442. The molecule has 0 spiro atoms. The van der Waals surface area contributed by atoms with E-state index in [4.69, 9.17) is 0 Å². The minimum atomic E-state index is -0.133. The summed E-state index contributed by atoms with van der Waals surface area (Å²) in [6.07, 6.45) is 0.704. The van der Waals surface area contributed by atoms with Gasteiger partial charge in [-0.3, -0.25) is 4.79 Å². The summed E-state index contributed by atoms with van der Waals surface area (Å²) in [7, 11) is 0. The van der Waals surface area contributed by atoms with E-state index < -0.39 is 0 Å². The van der Waals surface area contributed by atoms with Gasteiger partial charge in [-0.25, -0.2) is 9.97 Å². The van der Waals surface area contributed by atoms with Crippen molar-refractivity contribution in [2.24, 2.45) is 0 Å². The highest BCUT2D eigenvalue weighted by Gasteiger charge is 2.10. The van der Waals surface area contributed by atoms with Crippen LogP contribution in [0.2, 0.25) is 0 Å². The number of nitrogens with one attached hydrogen (secondary N) is 2. The SMILES string of the molecule is CCc1nc(NC(C)c2nc(C)cs2)cc(=O)[nH]1. The molecule has 0 saturated heterocycles. The lowest BCUT2D eigenvalue weighted by Gasteiger charge is -2.12. The largest absolute Gasteiger partial charge is 0.361 e. The number of rotatable bonds is 4. The third kappa shape index (κ3) is 2.95.